The molecule has 0 spiro atoms. The molecule has 3 heteroatoms. The first kappa shape index (κ1) is 11.5. The second-order valence-electron chi connectivity index (χ2n) is 3.30. The number of ketones is 1. The summed E-state index contributed by atoms with van der Waals surface area (Å²) in [5, 5.41) is 12.0. The lowest BCUT2D eigenvalue weighted by Gasteiger charge is -2.02. The van der Waals surface area contributed by atoms with Gasteiger partial charge in [-0.15, -0.1) is 6.58 Å². The molecule has 0 unspecified atom stereocenters. The Bertz CT molecular complexity index is 330. The Kier molecular flexibility index (Phi) is 4.57. The number of hydrogen-bond acceptors (Lipinski definition) is 3. The molecule has 3 nitrogen and oxygen atoms in total. The van der Waals surface area contributed by atoms with Gasteiger partial charge in [-0.25, -0.2) is 0 Å². The standard InChI is InChI=1S/C12H15NO2/c1-2-7-13-9-12(15)8-10-3-5-11(14)6-4-10/h2-6,13-14H,1,7-9H2. The monoisotopic (exact) mass is 205 g/mol. The Morgan fingerprint density at radius 3 is 2.67 bits per heavy atom. The number of phenols is 1. The van der Waals surface area contributed by atoms with Crippen molar-refractivity contribution in [2.45, 2.75) is 6.42 Å². The van der Waals surface area contributed by atoms with Crippen molar-refractivity contribution in [1.29, 1.82) is 0 Å². The Hall–Kier alpha value is -1.61. The Morgan fingerprint density at radius 2 is 2.07 bits per heavy atom. The minimum Gasteiger partial charge on any atom is -0.508 e. The van der Waals surface area contributed by atoms with Crippen molar-refractivity contribution in [3.63, 3.8) is 0 Å². The molecular formula is C12H15NO2. The van der Waals surface area contributed by atoms with Gasteiger partial charge >= 0.3 is 0 Å². The molecule has 0 saturated heterocycles. The van der Waals surface area contributed by atoms with Crippen molar-refractivity contribution >= 4 is 5.78 Å². The lowest BCUT2D eigenvalue weighted by atomic mass is 10.1. The van der Waals surface area contributed by atoms with Gasteiger partial charge in [-0.05, 0) is 17.7 Å². The van der Waals surface area contributed by atoms with Gasteiger partial charge in [-0.2, -0.15) is 0 Å². The highest BCUT2D eigenvalue weighted by Gasteiger charge is 2.02. The van der Waals surface area contributed by atoms with Gasteiger partial charge in [-0.1, -0.05) is 18.2 Å². The van der Waals surface area contributed by atoms with E-state index in [2.05, 4.69) is 11.9 Å². The number of phenolic OH excluding ortho intramolecular Hbond substituents is 1. The van der Waals surface area contributed by atoms with E-state index < -0.39 is 0 Å². The van der Waals surface area contributed by atoms with Crippen LogP contribution in [0.4, 0.5) is 0 Å². The zero-order chi connectivity index (χ0) is 11.1. The largest absolute Gasteiger partial charge is 0.508 e. The summed E-state index contributed by atoms with van der Waals surface area (Å²) in [6.45, 7) is 4.54. The second-order valence-corrected chi connectivity index (χ2v) is 3.30. The zero-order valence-electron chi connectivity index (χ0n) is 8.57. The predicted octanol–water partition coefficient (Wildman–Crippen LogP) is 1.28. The van der Waals surface area contributed by atoms with Crippen molar-refractivity contribution in [2.24, 2.45) is 0 Å². The number of rotatable bonds is 6. The number of benzene rings is 1. The third kappa shape index (κ3) is 4.42. The van der Waals surface area contributed by atoms with Crippen LogP contribution in [-0.2, 0) is 11.2 Å². The third-order valence-electron chi connectivity index (χ3n) is 1.95. The molecule has 80 valence electrons. The topological polar surface area (TPSA) is 49.3 Å². The summed E-state index contributed by atoms with van der Waals surface area (Å²) < 4.78 is 0. The SMILES string of the molecule is C=CCNCC(=O)Cc1ccc(O)cc1. The molecule has 0 atom stereocenters. The van der Waals surface area contributed by atoms with Crippen LogP contribution in [-0.4, -0.2) is 24.0 Å². The van der Waals surface area contributed by atoms with E-state index in [1.165, 1.54) is 0 Å². The summed E-state index contributed by atoms with van der Waals surface area (Å²) in [4.78, 5) is 11.4. The molecular weight excluding hydrogens is 190 g/mol. The molecule has 1 aromatic rings. The molecule has 0 aliphatic heterocycles. The quantitative estimate of drug-likeness (QED) is 0.543. The Morgan fingerprint density at radius 1 is 1.40 bits per heavy atom. The van der Waals surface area contributed by atoms with Crippen molar-refractivity contribution < 1.29 is 9.90 Å². The van der Waals surface area contributed by atoms with Gasteiger partial charge in [0.15, 0.2) is 5.78 Å². The van der Waals surface area contributed by atoms with Crippen LogP contribution < -0.4 is 5.32 Å². The summed E-state index contributed by atoms with van der Waals surface area (Å²) in [5.41, 5.74) is 0.915. The first-order chi connectivity index (χ1) is 7.22. The minimum absolute atomic E-state index is 0.127. The van der Waals surface area contributed by atoms with E-state index >= 15 is 0 Å². The van der Waals surface area contributed by atoms with Crippen molar-refractivity contribution in [3.8, 4) is 5.75 Å². The summed E-state index contributed by atoms with van der Waals surface area (Å²) in [5.74, 6) is 0.346. The van der Waals surface area contributed by atoms with Crippen molar-refractivity contribution in [1.82, 2.24) is 5.32 Å². The van der Waals surface area contributed by atoms with E-state index in [4.69, 9.17) is 5.11 Å². The highest BCUT2D eigenvalue weighted by Crippen LogP contribution is 2.09. The van der Waals surface area contributed by atoms with Gasteiger partial charge in [0.05, 0.1) is 6.54 Å². The van der Waals surface area contributed by atoms with Gasteiger partial charge in [0.25, 0.3) is 0 Å². The van der Waals surface area contributed by atoms with Crippen LogP contribution in [0.5, 0.6) is 5.75 Å². The van der Waals surface area contributed by atoms with Crippen LogP contribution in [0.25, 0.3) is 0 Å². The highest BCUT2D eigenvalue weighted by molar-refractivity contribution is 5.82. The molecule has 0 fully saturated rings. The number of carbonyl (C=O) groups excluding carboxylic acids is 1. The van der Waals surface area contributed by atoms with Gasteiger partial charge in [-0.3, -0.25) is 4.79 Å². The summed E-state index contributed by atoms with van der Waals surface area (Å²) in [6, 6.07) is 6.67. The molecule has 0 bridgehead atoms. The third-order valence-corrected chi connectivity index (χ3v) is 1.95. The van der Waals surface area contributed by atoms with Crippen LogP contribution in [0.3, 0.4) is 0 Å². The molecule has 1 rings (SSSR count). The maximum absolute atomic E-state index is 11.4. The molecule has 15 heavy (non-hydrogen) atoms. The van der Waals surface area contributed by atoms with Gasteiger partial charge in [0, 0.05) is 13.0 Å². The molecule has 0 heterocycles. The van der Waals surface area contributed by atoms with Crippen LogP contribution in [0.1, 0.15) is 5.56 Å². The lowest BCUT2D eigenvalue weighted by Crippen LogP contribution is -2.24. The maximum atomic E-state index is 11.4. The summed E-state index contributed by atoms with van der Waals surface area (Å²) in [6.07, 6.45) is 2.11. The van der Waals surface area contributed by atoms with Crippen LogP contribution in [0, 0.1) is 0 Å². The maximum Gasteiger partial charge on any atom is 0.150 e. The summed E-state index contributed by atoms with van der Waals surface area (Å²) >= 11 is 0. The molecule has 0 aliphatic carbocycles. The van der Waals surface area contributed by atoms with E-state index in [0.29, 0.717) is 19.5 Å². The molecule has 0 aliphatic rings. The van der Waals surface area contributed by atoms with Crippen molar-refractivity contribution in [2.75, 3.05) is 13.1 Å². The van der Waals surface area contributed by atoms with E-state index in [0.717, 1.165) is 5.56 Å². The van der Waals surface area contributed by atoms with Gasteiger partial charge < -0.3 is 10.4 Å². The first-order valence-electron chi connectivity index (χ1n) is 4.83. The van der Waals surface area contributed by atoms with E-state index in [1.54, 1.807) is 30.3 Å². The van der Waals surface area contributed by atoms with Crippen LogP contribution in [0.15, 0.2) is 36.9 Å². The van der Waals surface area contributed by atoms with E-state index in [-0.39, 0.29) is 11.5 Å². The van der Waals surface area contributed by atoms with Crippen LogP contribution >= 0.6 is 0 Å². The molecule has 1 aromatic carbocycles. The lowest BCUT2D eigenvalue weighted by molar-refractivity contribution is -0.117. The van der Waals surface area contributed by atoms with E-state index in [9.17, 15) is 4.79 Å². The fourth-order valence-electron chi connectivity index (χ4n) is 1.22. The second kappa shape index (κ2) is 5.98. The molecule has 0 amide bonds. The van der Waals surface area contributed by atoms with Gasteiger partial charge in [0.2, 0.25) is 0 Å². The average Bonchev–Trinajstić information content (AvgIpc) is 2.22. The average molecular weight is 205 g/mol. The number of aromatic hydroxyl groups is 1. The smallest absolute Gasteiger partial charge is 0.150 e. The summed E-state index contributed by atoms with van der Waals surface area (Å²) in [7, 11) is 0. The Balaban J connectivity index is 2.37. The predicted molar refractivity (Wildman–Crippen MR) is 59.9 cm³/mol. The highest BCUT2D eigenvalue weighted by atomic mass is 16.3. The number of hydrogen-bond donors (Lipinski definition) is 2. The zero-order valence-corrected chi connectivity index (χ0v) is 8.57. The fraction of sp³-hybridized carbons (Fsp3) is 0.250. The first-order valence-corrected chi connectivity index (χ1v) is 4.83. The van der Waals surface area contributed by atoms with Gasteiger partial charge in [0.1, 0.15) is 5.75 Å². The van der Waals surface area contributed by atoms with E-state index in [1.807, 2.05) is 0 Å². The number of nitrogens with one attached hydrogen (secondary N) is 1. The van der Waals surface area contributed by atoms with Crippen LogP contribution in [0.2, 0.25) is 0 Å². The molecule has 0 aromatic heterocycles. The molecule has 0 radical (unpaired) electrons. The fourth-order valence-corrected chi connectivity index (χ4v) is 1.22. The normalized spacial score (nSPS) is 9.87. The minimum atomic E-state index is 0.127. The number of carbonyl (C=O) groups is 1. The number of Topliss-reactive ketones (excluding diaryl/α,β-unsaturated/α-hetero) is 1. The van der Waals surface area contributed by atoms with Crippen molar-refractivity contribution in [3.05, 3.63) is 42.5 Å². The Labute approximate surface area is 89.4 Å². The molecule has 0 saturated carbocycles. The molecule has 2 N–H and O–H groups in total.